The molecule has 0 radical (unpaired) electrons. The van der Waals surface area contributed by atoms with Gasteiger partial charge < -0.3 is 9.47 Å². The number of rotatable bonds is 8. The van der Waals surface area contributed by atoms with Crippen LogP contribution >= 0.6 is 0 Å². The fourth-order valence-electron chi connectivity index (χ4n) is 1.93. The maximum Gasteiger partial charge on any atom is 0.262 e. The monoisotopic (exact) mass is 337 g/mol. The second-order valence-corrected chi connectivity index (χ2v) is 6.34. The molecule has 124 valence electrons. The van der Waals surface area contributed by atoms with Crippen LogP contribution in [0.3, 0.4) is 0 Å². The molecule has 0 aliphatic carbocycles. The highest BCUT2D eigenvalue weighted by atomic mass is 32.2. The maximum atomic E-state index is 12.2. The van der Waals surface area contributed by atoms with E-state index in [2.05, 4.69) is 4.89 Å². The van der Waals surface area contributed by atoms with E-state index in [9.17, 15) is 8.42 Å². The van der Waals surface area contributed by atoms with E-state index in [4.69, 9.17) is 14.3 Å². The van der Waals surface area contributed by atoms with Gasteiger partial charge in [-0.3, -0.25) is 4.84 Å². The zero-order valence-electron chi connectivity index (χ0n) is 13.0. The smallest absolute Gasteiger partial charge is 0.262 e. The first-order valence-corrected chi connectivity index (χ1v) is 8.47. The Morgan fingerprint density at radius 2 is 1.74 bits per heavy atom. The van der Waals surface area contributed by atoms with Crippen LogP contribution in [0.4, 0.5) is 0 Å². The molecule has 0 saturated heterocycles. The number of methoxy groups -OCH3 is 1. The van der Waals surface area contributed by atoms with E-state index in [1.54, 1.807) is 19.1 Å². The highest BCUT2D eigenvalue weighted by Gasteiger charge is 2.17. The molecule has 0 fully saturated rings. The van der Waals surface area contributed by atoms with Gasteiger partial charge in [-0.1, -0.05) is 23.1 Å². The molecule has 0 amide bonds. The molecule has 0 aliphatic rings. The Morgan fingerprint density at radius 3 is 2.39 bits per heavy atom. The van der Waals surface area contributed by atoms with Crippen LogP contribution in [-0.4, -0.2) is 28.7 Å². The highest BCUT2D eigenvalue weighted by Crippen LogP contribution is 2.20. The van der Waals surface area contributed by atoms with Crippen molar-refractivity contribution >= 4 is 10.0 Å². The molecular formula is C16H19NO5S. The summed E-state index contributed by atoms with van der Waals surface area (Å²) in [6, 6.07) is 13.9. The SMILES string of the molecule is COc1ccc(S(=O)(=O)NOCCOc2ccccc2)c(C)c1. The molecule has 0 heterocycles. The molecule has 6 nitrogen and oxygen atoms in total. The topological polar surface area (TPSA) is 73.9 Å². The van der Waals surface area contributed by atoms with Crippen molar-refractivity contribution in [2.45, 2.75) is 11.8 Å². The number of para-hydroxylation sites is 1. The quantitative estimate of drug-likeness (QED) is 0.591. The summed E-state index contributed by atoms with van der Waals surface area (Å²) in [6.45, 7) is 2.01. The molecule has 0 spiro atoms. The van der Waals surface area contributed by atoms with E-state index in [0.717, 1.165) is 0 Å². The van der Waals surface area contributed by atoms with Crippen LogP contribution in [0.1, 0.15) is 5.56 Å². The largest absolute Gasteiger partial charge is 0.497 e. The normalized spacial score (nSPS) is 11.2. The van der Waals surface area contributed by atoms with Gasteiger partial charge in [0.25, 0.3) is 10.0 Å². The summed E-state index contributed by atoms with van der Waals surface area (Å²) >= 11 is 0. The summed E-state index contributed by atoms with van der Waals surface area (Å²) in [5.41, 5.74) is 0.570. The Morgan fingerprint density at radius 1 is 1.00 bits per heavy atom. The molecule has 2 aromatic carbocycles. The minimum absolute atomic E-state index is 0.0866. The van der Waals surface area contributed by atoms with Gasteiger partial charge in [0.15, 0.2) is 0 Å². The maximum absolute atomic E-state index is 12.2. The van der Waals surface area contributed by atoms with Crippen molar-refractivity contribution in [2.75, 3.05) is 20.3 Å². The zero-order chi connectivity index (χ0) is 16.7. The fraction of sp³-hybridized carbons (Fsp3) is 0.250. The average Bonchev–Trinajstić information content (AvgIpc) is 2.55. The second-order valence-electron chi connectivity index (χ2n) is 4.73. The van der Waals surface area contributed by atoms with Gasteiger partial charge >= 0.3 is 0 Å². The van der Waals surface area contributed by atoms with E-state index in [-0.39, 0.29) is 18.1 Å². The minimum atomic E-state index is -3.74. The lowest BCUT2D eigenvalue weighted by molar-refractivity contribution is 0.0665. The average molecular weight is 337 g/mol. The van der Waals surface area contributed by atoms with Crippen LogP contribution in [0.25, 0.3) is 0 Å². The first-order chi connectivity index (χ1) is 11.0. The molecule has 23 heavy (non-hydrogen) atoms. The lowest BCUT2D eigenvalue weighted by Gasteiger charge is -2.11. The minimum Gasteiger partial charge on any atom is -0.497 e. The summed E-state index contributed by atoms with van der Waals surface area (Å²) in [7, 11) is -2.22. The van der Waals surface area contributed by atoms with Crippen LogP contribution in [0.5, 0.6) is 11.5 Å². The van der Waals surface area contributed by atoms with Crippen molar-refractivity contribution in [2.24, 2.45) is 0 Å². The van der Waals surface area contributed by atoms with Gasteiger partial charge in [0.1, 0.15) is 24.7 Å². The number of hydrogen-bond acceptors (Lipinski definition) is 5. The van der Waals surface area contributed by atoms with Gasteiger partial charge in [-0.15, -0.1) is 0 Å². The summed E-state index contributed by atoms with van der Waals surface area (Å²) in [5, 5.41) is 0. The van der Waals surface area contributed by atoms with Gasteiger partial charge in [0.05, 0.1) is 12.0 Å². The number of nitrogens with one attached hydrogen (secondary N) is 1. The molecule has 0 unspecified atom stereocenters. The summed E-state index contributed by atoms with van der Waals surface area (Å²) in [5.74, 6) is 1.29. The van der Waals surface area contributed by atoms with E-state index in [0.29, 0.717) is 17.1 Å². The number of ether oxygens (including phenoxy) is 2. The highest BCUT2D eigenvalue weighted by molar-refractivity contribution is 7.89. The van der Waals surface area contributed by atoms with Crippen LogP contribution in [0.15, 0.2) is 53.4 Å². The Bertz CT molecular complexity index is 731. The predicted molar refractivity (Wildman–Crippen MR) is 85.9 cm³/mol. The van der Waals surface area contributed by atoms with E-state index >= 15 is 0 Å². The zero-order valence-corrected chi connectivity index (χ0v) is 13.8. The standard InChI is InChI=1S/C16H19NO5S/c1-13-12-15(20-2)8-9-16(13)23(18,19)17-22-11-10-21-14-6-4-3-5-7-14/h3-9,12,17H,10-11H2,1-2H3. The van der Waals surface area contributed by atoms with Crippen molar-refractivity contribution in [1.82, 2.24) is 4.89 Å². The van der Waals surface area contributed by atoms with Gasteiger partial charge in [0, 0.05) is 0 Å². The fourth-order valence-corrected chi connectivity index (χ4v) is 2.99. The Kier molecular flexibility index (Phi) is 5.97. The Balaban J connectivity index is 1.84. The third-order valence-electron chi connectivity index (χ3n) is 3.04. The van der Waals surface area contributed by atoms with E-state index < -0.39 is 10.0 Å². The number of hydrogen-bond donors (Lipinski definition) is 1. The predicted octanol–water partition coefficient (Wildman–Crippen LogP) is 2.29. The van der Waals surface area contributed by atoms with Crippen molar-refractivity contribution in [3.8, 4) is 11.5 Å². The molecule has 2 aromatic rings. The van der Waals surface area contributed by atoms with Crippen molar-refractivity contribution in [1.29, 1.82) is 0 Å². The van der Waals surface area contributed by atoms with Crippen molar-refractivity contribution in [3.63, 3.8) is 0 Å². The van der Waals surface area contributed by atoms with Crippen LogP contribution in [-0.2, 0) is 14.9 Å². The van der Waals surface area contributed by atoms with E-state index in [1.807, 2.05) is 30.3 Å². The van der Waals surface area contributed by atoms with Crippen molar-refractivity contribution < 1.29 is 22.7 Å². The van der Waals surface area contributed by atoms with Crippen molar-refractivity contribution in [3.05, 3.63) is 54.1 Å². The molecule has 7 heteroatoms. The third-order valence-corrected chi connectivity index (χ3v) is 4.41. The first-order valence-electron chi connectivity index (χ1n) is 6.99. The van der Waals surface area contributed by atoms with Crippen LogP contribution in [0.2, 0.25) is 0 Å². The second kappa shape index (κ2) is 7.96. The lowest BCUT2D eigenvalue weighted by atomic mass is 10.2. The lowest BCUT2D eigenvalue weighted by Crippen LogP contribution is -2.26. The molecule has 0 aliphatic heterocycles. The molecule has 0 aromatic heterocycles. The van der Waals surface area contributed by atoms with Crippen LogP contribution < -0.4 is 14.4 Å². The van der Waals surface area contributed by atoms with Gasteiger partial charge in [-0.25, -0.2) is 8.42 Å². The summed E-state index contributed by atoms with van der Waals surface area (Å²) in [6.07, 6.45) is 0. The molecule has 0 bridgehead atoms. The Labute approximate surface area is 136 Å². The van der Waals surface area contributed by atoms with Gasteiger partial charge in [-0.05, 0) is 42.8 Å². The molecule has 2 rings (SSSR count). The molecule has 0 atom stereocenters. The molecule has 1 N–H and O–H groups in total. The Hall–Kier alpha value is -2.09. The first kappa shape index (κ1) is 17.3. The number of sulfonamides is 1. The van der Waals surface area contributed by atoms with Crippen LogP contribution in [0, 0.1) is 6.92 Å². The summed E-state index contributed by atoms with van der Waals surface area (Å²) < 4.78 is 34.8. The molecule has 0 saturated carbocycles. The number of aryl methyl sites for hydroxylation is 1. The molecular weight excluding hydrogens is 318 g/mol. The third kappa shape index (κ3) is 4.95. The van der Waals surface area contributed by atoms with E-state index in [1.165, 1.54) is 13.2 Å². The summed E-state index contributed by atoms with van der Waals surface area (Å²) in [4.78, 5) is 7.22. The van der Waals surface area contributed by atoms with Gasteiger partial charge in [-0.2, -0.15) is 0 Å². The van der Waals surface area contributed by atoms with Gasteiger partial charge in [0.2, 0.25) is 0 Å². The number of benzene rings is 2.